The van der Waals surface area contributed by atoms with Crippen molar-refractivity contribution in [2.24, 2.45) is 0 Å². The van der Waals surface area contributed by atoms with Gasteiger partial charge in [-0.15, -0.1) is 0 Å². The predicted octanol–water partition coefficient (Wildman–Crippen LogP) is 3.56. The van der Waals surface area contributed by atoms with Crippen molar-refractivity contribution in [3.05, 3.63) is 36.3 Å². The van der Waals surface area contributed by atoms with E-state index >= 15 is 0 Å². The van der Waals surface area contributed by atoms with Crippen molar-refractivity contribution in [1.82, 2.24) is 19.9 Å². The fourth-order valence-corrected chi connectivity index (χ4v) is 4.19. The summed E-state index contributed by atoms with van der Waals surface area (Å²) in [5, 5.41) is 0. The quantitative estimate of drug-likeness (QED) is 0.843. The van der Waals surface area contributed by atoms with Gasteiger partial charge in [-0.1, -0.05) is 13.3 Å². The molecular formula is C21H29N5. The number of nitrogens with zero attached hydrogens (tertiary/aromatic N) is 5. The van der Waals surface area contributed by atoms with E-state index in [-0.39, 0.29) is 0 Å². The molecule has 138 valence electrons. The van der Waals surface area contributed by atoms with Gasteiger partial charge < -0.3 is 4.90 Å². The minimum absolute atomic E-state index is 0.671. The maximum Gasteiger partial charge on any atom is 0.161 e. The molecule has 2 fully saturated rings. The molecule has 0 N–H and O–H groups in total. The van der Waals surface area contributed by atoms with Crippen LogP contribution in [0.2, 0.25) is 0 Å². The lowest BCUT2D eigenvalue weighted by Crippen LogP contribution is -2.42. The molecule has 0 bridgehead atoms. The molecule has 0 radical (unpaired) electrons. The highest BCUT2D eigenvalue weighted by Gasteiger charge is 2.26. The maximum atomic E-state index is 4.95. The van der Waals surface area contributed by atoms with Crippen LogP contribution in [0.3, 0.4) is 0 Å². The van der Waals surface area contributed by atoms with Crippen LogP contribution in [0, 0.1) is 0 Å². The molecule has 0 spiro atoms. The summed E-state index contributed by atoms with van der Waals surface area (Å²) in [6.07, 6.45) is 11.2. The Hall–Kier alpha value is -2.01. The number of anilines is 1. The van der Waals surface area contributed by atoms with Gasteiger partial charge in [0.1, 0.15) is 5.82 Å². The van der Waals surface area contributed by atoms with Crippen LogP contribution in [0.4, 0.5) is 5.82 Å². The summed E-state index contributed by atoms with van der Waals surface area (Å²) in [6.45, 7) is 6.89. The second-order valence-electron chi connectivity index (χ2n) is 7.47. The molecule has 2 aromatic heterocycles. The molecule has 5 heteroatoms. The van der Waals surface area contributed by atoms with Crippen LogP contribution >= 0.6 is 0 Å². The Labute approximate surface area is 156 Å². The molecule has 26 heavy (non-hydrogen) atoms. The van der Waals surface area contributed by atoms with Gasteiger partial charge >= 0.3 is 0 Å². The van der Waals surface area contributed by atoms with Gasteiger partial charge in [-0.25, -0.2) is 9.97 Å². The van der Waals surface area contributed by atoms with Crippen molar-refractivity contribution >= 4 is 5.82 Å². The van der Waals surface area contributed by atoms with Crippen LogP contribution in [0.5, 0.6) is 0 Å². The van der Waals surface area contributed by atoms with E-state index in [2.05, 4.69) is 27.8 Å². The first-order valence-corrected chi connectivity index (χ1v) is 10.1. The normalized spacial score (nSPS) is 21.7. The lowest BCUT2D eigenvalue weighted by atomic mass is 10.1. The van der Waals surface area contributed by atoms with Gasteiger partial charge in [0.25, 0.3) is 0 Å². The second-order valence-corrected chi connectivity index (χ2v) is 7.47. The molecule has 2 aliphatic rings. The number of aryl methyl sites for hydroxylation is 1. The van der Waals surface area contributed by atoms with Crippen molar-refractivity contribution in [3.8, 4) is 11.4 Å². The van der Waals surface area contributed by atoms with E-state index in [1.807, 2.05) is 24.5 Å². The zero-order valence-electron chi connectivity index (χ0n) is 15.8. The van der Waals surface area contributed by atoms with Crippen LogP contribution in [0.15, 0.2) is 30.6 Å². The Balaban J connectivity index is 1.62. The fourth-order valence-electron chi connectivity index (χ4n) is 4.19. The van der Waals surface area contributed by atoms with Crippen LogP contribution in [-0.2, 0) is 6.42 Å². The number of likely N-dealkylation sites (tertiary alicyclic amines) is 1. The Morgan fingerprint density at radius 2 is 1.77 bits per heavy atom. The molecule has 0 amide bonds. The van der Waals surface area contributed by atoms with Gasteiger partial charge in [-0.2, -0.15) is 0 Å². The SMILES string of the molecule is CCc1cc(N2CCCCC(N3CCCC3)C2)nc(-c2ccncc2)n1. The first-order chi connectivity index (χ1) is 12.8. The van der Waals surface area contributed by atoms with E-state index in [4.69, 9.17) is 9.97 Å². The molecule has 2 saturated heterocycles. The monoisotopic (exact) mass is 351 g/mol. The van der Waals surface area contributed by atoms with E-state index in [1.165, 1.54) is 45.2 Å². The summed E-state index contributed by atoms with van der Waals surface area (Å²) in [7, 11) is 0. The summed E-state index contributed by atoms with van der Waals surface area (Å²) in [5.41, 5.74) is 2.16. The van der Waals surface area contributed by atoms with E-state index in [0.29, 0.717) is 6.04 Å². The Kier molecular flexibility index (Phi) is 5.44. The zero-order chi connectivity index (χ0) is 17.8. The molecule has 0 saturated carbocycles. The highest BCUT2D eigenvalue weighted by molar-refractivity contribution is 5.57. The molecule has 0 aliphatic carbocycles. The average Bonchev–Trinajstić information content (AvgIpc) is 3.13. The van der Waals surface area contributed by atoms with Gasteiger partial charge in [-0.05, 0) is 57.3 Å². The van der Waals surface area contributed by atoms with Gasteiger partial charge in [0.2, 0.25) is 0 Å². The van der Waals surface area contributed by atoms with E-state index < -0.39 is 0 Å². The lowest BCUT2D eigenvalue weighted by molar-refractivity contribution is 0.236. The van der Waals surface area contributed by atoms with Crippen molar-refractivity contribution in [1.29, 1.82) is 0 Å². The molecule has 0 aromatic carbocycles. The number of aromatic nitrogens is 3. The van der Waals surface area contributed by atoms with Crippen LogP contribution in [0.25, 0.3) is 11.4 Å². The molecule has 5 nitrogen and oxygen atoms in total. The standard InChI is InChI=1S/C21H29N5/c1-2-18-15-20(24-21(23-18)17-8-10-22-11-9-17)26-14-4-3-7-19(16-26)25-12-5-6-13-25/h8-11,15,19H,2-7,12-14,16H2,1H3. The molecule has 4 rings (SSSR count). The minimum atomic E-state index is 0.671. The summed E-state index contributed by atoms with van der Waals surface area (Å²) in [6, 6.07) is 6.85. The Morgan fingerprint density at radius 1 is 1.00 bits per heavy atom. The highest BCUT2D eigenvalue weighted by Crippen LogP contribution is 2.25. The van der Waals surface area contributed by atoms with Crippen molar-refractivity contribution in [3.63, 3.8) is 0 Å². The van der Waals surface area contributed by atoms with Crippen molar-refractivity contribution in [2.75, 3.05) is 31.1 Å². The van der Waals surface area contributed by atoms with E-state index in [9.17, 15) is 0 Å². The van der Waals surface area contributed by atoms with E-state index in [1.54, 1.807) is 0 Å². The van der Waals surface area contributed by atoms with Crippen LogP contribution in [-0.4, -0.2) is 52.1 Å². The zero-order valence-corrected chi connectivity index (χ0v) is 15.8. The molecule has 1 unspecified atom stereocenters. The molecule has 1 atom stereocenters. The minimum Gasteiger partial charge on any atom is -0.355 e. The topological polar surface area (TPSA) is 45.2 Å². The van der Waals surface area contributed by atoms with Crippen LogP contribution < -0.4 is 4.90 Å². The molecule has 2 aromatic rings. The summed E-state index contributed by atoms with van der Waals surface area (Å²) >= 11 is 0. The third-order valence-electron chi connectivity index (χ3n) is 5.69. The third-order valence-corrected chi connectivity index (χ3v) is 5.69. The second kappa shape index (κ2) is 8.12. The van der Waals surface area contributed by atoms with E-state index in [0.717, 1.165) is 42.4 Å². The average molecular weight is 351 g/mol. The molecule has 4 heterocycles. The largest absolute Gasteiger partial charge is 0.355 e. The number of rotatable bonds is 4. The number of pyridine rings is 1. The van der Waals surface area contributed by atoms with Gasteiger partial charge in [0, 0.05) is 48.8 Å². The highest BCUT2D eigenvalue weighted by atomic mass is 15.3. The third kappa shape index (κ3) is 3.88. The summed E-state index contributed by atoms with van der Waals surface area (Å²) < 4.78 is 0. The smallest absolute Gasteiger partial charge is 0.161 e. The lowest BCUT2D eigenvalue weighted by Gasteiger charge is -2.31. The molecular weight excluding hydrogens is 322 g/mol. The predicted molar refractivity (Wildman–Crippen MR) is 105 cm³/mol. The fraction of sp³-hybridized carbons (Fsp3) is 0.571. The van der Waals surface area contributed by atoms with Crippen molar-refractivity contribution in [2.45, 2.75) is 51.5 Å². The van der Waals surface area contributed by atoms with Crippen molar-refractivity contribution < 1.29 is 0 Å². The van der Waals surface area contributed by atoms with Gasteiger partial charge in [0.05, 0.1) is 0 Å². The summed E-state index contributed by atoms with van der Waals surface area (Å²) in [5.74, 6) is 1.92. The first-order valence-electron chi connectivity index (χ1n) is 10.1. The van der Waals surface area contributed by atoms with Crippen LogP contribution in [0.1, 0.15) is 44.7 Å². The Bertz CT molecular complexity index is 712. The van der Waals surface area contributed by atoms with Gasteiger partial charge in [-0.3, -0.25) is 9.88 Å². The Morgan fingerprint density at radius 3 is 2.54 bits per heavy atom. The van der Waals surface area contributed by atoms with Gasteiger partial charge in [0.15, 0.2) is 5.82 Å². The molecule has 2 aliphatic heterocycles. The maximum absolute atomic E-state index is 4.95. The first kappa shape index (κ1) is 17.4. The number of hydrogen-bond donors (Lipinski definition) is 0. The summed E-state index contributed by atoms with van der Waals surface area (Å²) in [4.78, 5) is 19.0. The number of hydrogen-bond acceptors (Lipinski definition) is 5.